The Kier molecular flexibility index (Phi) is 6.58. The summed E-state index contributed by atoms with van der Waals surface area (Å²) in [5, 5.41) is 48.6. The minimum absolute atomic E-state index is 0.0108. The number of phenols is 1. The number of anilines is 1. The van der Waals surface area contributed by atoms with Crippen molar-refractivity contribution in [2.45, 2.75) is 56.3 Å². The van der Waals surface area contributed by atoms with Crippen LogP contribution in [0.4, 0.5) is 18.9 Å². The number of carbonyl (C=O) groups excluding carboxylic acids is 3. The van der Waals surface area contributed by atoms with E-state index in [2.05, 4.69) is 10.1 Å². The number of nitrogens with zero attached hydrogens (tertiary/aromatic N) is 2. The Morgan fingerprint density at radius 3 is 2.43 bits per heavy atom. The van der Waals surface area contributed by atoms with Crippen LogP contribution in [0.25, 0.3) is 0 Å². The summed E-state index contributed by atoms with van der Waals surface area (Å²) in [6, 6.07) is -1.78. The zero-order valence-corrected chi connectivity index (χ0v) is 24.3. The molecule has 12 nitrogen and oxygen atoms in total. The molecule has 238 valence electrons. The number of likely N-dealkylation sites (tertiary alicyclic amines) is 1. The molecule has 15 heteroatoms. The maximum atomic E-state index is 14.1. The molecule has 1 saturated heterocycles. The predicted molar refractivity (Wildman–Crippen MR) is 147 cm³/mol. The predicted octanol–water partition coefficient (Wildman–Crippen LogP) is 1.83. The quantitative estimate of drug-likeness (QED) is 0.213. The molecule has 3 unspecified atom stereocenters. The molecule has 1 aromatic rings. The number of halogens is 3. The maximum absolute atomic E-state index is 14.1. The fraction of sp³-hybridized carbons (Fsp3) is 0.552. The molecule has 0 spiro atoms. The smallest absolute Gasteiger partial charge is 0.510 e. The van der Waals surface area contributed by atoms with Crippen molar-refractivity contribution in [3.05, 3.63) is 39.4 Å². The number of alkyl halides is 3. The van der Waals surface area contributed by atoms with Gasteiger partial charge < -0.3 is 36.2 Å². The van der Waals surface area contributed by atoms with Gasteiger partial charge in [-0.25, -0.2) is 0 Å². The van der Waals surface area contributed by atoms with Crippen LogP contribution >= 0.6 is 0 Å². The number of aromatic hydroxyl groups is 1. The monoisotopic (exact) mass is 622 g/mol. The molecular formula is C29H33F3N4O8. The Labute approximate surface area is 249 Å². The summed E-state index contributed by atoms with van der Waals surface area (Å²) < 4.78 is 46.6. The molecule has 7 N–H and O–H groups in total. The van der Waals surface area contributed by atoms with Gasteiger partial charge in [-0.2, -0.15) is 0 Å². The highest BCUT2D eigenvalue weighted by Gasteiger charge is 2.63. The van der Waals surface area contributed by atoms with Gasteiger partial charge in [-0.15, -0.1) is 13.2 Å². The second-order valence-electron chi connectivity index (χ2n) is 12.7. The van der Waals surface area contributed by atoms with Gasteiger partial charge in [0.1, 0.15) is 22.8 Å². The van der Waals surface area contributed by atoms with Gasteiger partial charge in [-0.05, 0) is 59.2 Å². The number of benzene rings is 1. The van der Waals surface area contributed by atoms with Gasteiger partial charge in [0, 0.05) is 41.2 Å². The normalized spacial score (nSPS) is 33.4. The van der Waals surface area contributed by atoms with Gasteiger partial charge in [0.25, 0.3) is 5.91 Å². The summed E-state index contributed by atoms with van der Waals surface area (Å²) in [6.07, 6.45) is -5.09. The molecule has 1 aromatic carbocycles. The summed E-state index contributed by atoms with van der Waals surface area (Å²) in [7, 11) is 4.73. The number of hydrogen-bond acceptors (Lipinski definition) is 11. The standard InChI is InChI=1S/C29H33F3N4O8/c1-9-5-11-8-34-18-16(19(11)36(9)4)24(44-29(30,31)32)12-6-10-7-13-20(35(2)3)23(39)17(27(33)42)26(41)28(13,43)25(40)14(10)21(37)15(12)22(18)38/h9-11,13,19-20,34,38-40,43H,5-8H2,1-4H3,(H2,33,42)/t9?,10-,11?,13-,19?,20-,28+/m1/s1. The molecule has 0 bridgehead atoms. The summed E-state index contributed by atoms with van der Waals surface area (Å²) in [5.41, 5.74) is 0.254. The van der Waals surface area contributed by atoms with Crippen molar-refractivity contribution < 1.29 is 52.7 Å². The van der Waals surface area contributed by atoms with Crippen molar-refractivity contribution in [1.29, 1.82) is 0 Å². The molecule has 6 rings (SSSR count). The fourth-order valence-electron chi connectivity index (χ4n) is 8.28. The molecule has 3 aliphatic carbocycles. The lowest BCUT2D eigenvalue weighted by Crippen LogP contribution is -2.63. The molecule has 2 aliphatic heterocycles. The van der Waals surface area contributed by atoms with Gasteiger partial charge >= 0.3 is 6.36 Å². The van der Waals surface area contributed by atoms with E-state index < -0.39 is 93.1 Å². The first-order chi connectivity index (χ1) is 20.4. The van der Waals surface area contributed by atoms with E-state index in [1.807, 2.05) is 11.8 Å². The van der Waals surface area contributed by atoms with Crippen LogP contribution in [0, 0.1) is 17.8 Å². The number of hydrogen-bond donors (Lipinski definition) is 6. The van der Waals surface area contributed by atoms with E-state index in [-0.39, 0.29) is 41.6 Å². The number of amides is 1. The van der Waals surface area contributed by atoms with Crippen LogP contribution in [0.5, 0.6) is 11.5 Å². The number of nitrogens with two attached hydrogens (primary N) is 1. The van der Waals surface area contributed by atoms with Gasteiger partial charge in [0.2, 0.25) is 5.78 Å². The number of likely N-dealkylation sites (N-methyl/N-ethyl adjacent to an activating group) is 1. The van der Waals surface area contributed by atoms with Crippen molar-refractivity contribution in [3.63, 3.8) is 0 Å². The number of ether oxygens (including phenoxy) is 1. The van der Waals surface area contributed by atoms with Gasteiger partial charge in [-0.1, -0.05) is 0 Å². The molecule has 7 atom stereocenters. The first-order valence-corrected chi connectivity index (χ1v) is 14.2. The Bertz CT molecular complexity index is 1590. The van der Waals surface area contributed by atoms with Gasteiger partial charge in [0.15, 0.2) is 17.1 Å². The van der Waals surface area contributed by atoms with E-state index in [0.29, 0.717) is 13.0 Å². The van der Waals surface area contributed by atoms with Gasteiger partial charge in [0.05, 0.1) is 17.3 Å². The van der Waals surface area contributed by atoms with Crippen molar-refractivity contribution in [2.24, 2.45) is 23.5 Å². The van der Waals surface area contributed by atoms with Crippen LogP contribution in [0.1, 0.15) is 47.3 Å². The number of primary amides is 1. The Morgan fingerprint density at radius 2 is 1.84 bits per heavy atom. The summed E-state index contributed by atoms with van der Waals surface area (Å²) in [4.78, 5) is 43.0. The van der Waals surface area contributed by atoms with E-state index >= 15 is 0 Å². The highest BCUT2D eigenvalue weighted by molar-refractivity contribution is 6.25. The first kappa shape index (κ1) is 30.2. The Balaban J connectivity index is 1.59. The van der Waals surface area contributed by atoms with Crippen molar-refractivity contribution in [3.8, 4) is 11.5 Å². The van der Waals surface area contributed by atoms with E-state index in [1.54, 1.807) is 7.05 Å². The van der Waals surface area contributed by atoms with Crippen molar-refractivity contribution in [2.75, 3.05) is 33.0 Å². The third kappa shape index (κ3) is 3.91. The Hall–Kier alpha value is -3.82. The second-order valence-corrected chi connectivity index (χ2v) is 12.7. The lowest BCUT2D eigenvalue weighted by Gasteiger charge is -2.50. The number of Topliss-reactive ketones (excluding diaryl/α,β-unsaturated/α-hetero) is 2. The van der Waals surface area contributed by atoms with E-state index in [1.165, 1.54) is 19.0 Å². The Morgan fingerprint density at radius 1 is 1.18 bits per heavy atom. The van der Waals surface area contributed by atoms with Crippen molar-refractivity contribution >= 4 is 23.2 Å². The van der Waals surface area contributed by atoms with Crippen LogP contribution in [0.2, 0.25) is 0 Å². The number of aliphatic hydroxyl groups excluding tert-OH is 2. The van der Waals surface area contributed by atoms with E-state index in [0.717, 1.165) is 0 Å². The fourth-order valence-corrected chi connectivity index (χ4v) is 8.28. The third-order valence-corrected chi connectivity index (χ3v) is 10.2. The lowest BCUT2D eigenvalue weighted by molar-refractivity contribution is -0.275. The average Bonchev–Trinajstić information content (AvgIpc) is 3.20. The summed E-state index contributed by atoms with van der Waals surface area (Å²) in [5.74, 6) is -9.45. The van der Waals surface area contributed by atoms with Gasteiger partial charge in [-0.3, -0.25) is 24.2 Å². The average molecular weight is 623 g/mol. The molecule has 1 amide bonds. The number of phenolic OH excluding ortho intramolecular Hbond substituents is 1. The zero-order chi connectivity index (χ0) is 32.4. The SMILES string of the molecule is CC1CC2CNc3c(O)c4c(c(OC(F)(F)F)c3C2N1C)C[C@@H]1C[C@@H]2[C@@H](N(C)C)C(O)=C(C(N)=O)C(=O)[C@@]2(O)C(O)=C1C4=O. The number of ketones is 2. The number of allylic oxidation sites excluding steroid dienone is 1. The largest absolute Gasteiger partial charge is 0.573 e. The van der Waals surface area contributed by atoms with Crippen molar-refractivity contribution in [1.82, 2.24) is 9.80 Å². The van der Waals surface area contributed by atoms with E-state index in [4.69, 9.17) is 5.73 Å². The van der Waals surface area contributed by atoms with Crippen LogP contribution < -0.4 is 15.8 Å². The number of rotatable bonds is 3. The highest BCUT2D eigenvalue weighted by atomic mass is 19.4. The number of nitrogens with one attached hydrogen (secondary N) is 1. The maximum Gasteiger partial charge on any atom is 0.573 e. The first-order valence-electron chi connectivity index (χ1n) is 14.2. The molecule has 2 heterocycles. The second kappa shape index (κ2) is 9.59. The van der Waals surface area contributed by atoms with Crippen LogP contribution in [0.3, 0.4) is 0 Å². The number of carbonyl (C=O) groups is 3. The minimum Gasteiger partial charge on any atom is -0.510 e. The van der Waals surface area contributed by atoms with Crippen LogP contribution in [0.15, 0.2) is 22.7 Å². The van der Waals surface area contributed by atoms with Crippen LogP contribution in [-0.4, -0.2) is 99.4 Å². The number of fused-ring (bicyclic) bond motifs is 6. The molecule has 1 fully saturated rings. The lowest BCUT2D eigenvalue weighted by atomic mass is 9.58. The zero-order valence-electron chi connectivity index (χ0n) is 24.3. The summed E-state index contributed by atoms with van der Waals surface area (Å²) in [6.45, 7) is 2.25. The molecule has 0 saturated carbocycles. The minimum atomic E-state index is -5.16. The third-order valence-electron chi connectivity index (χ3n) is 10.2. The highest BCUT2D eigenvalue weighted by Crippen LogP contribution is 2.59. The molecule has 5 aliphatic rings. The molecule has 44 heavy (non-hydrogen) atoms. The topological polar surface area (TPSA) is 186 Å². The van der Waals surface area contributed by atoms with E-state index in [9.17, 15) is 48.0 Å². The number of aliphatic hydroxyl groups is 3. The summed E-state index contributed by atoms with van der Waals surface area (Å²) >= 11 is 0. The molecule has 0 aromatic heterocycles. The molecule has 0 radical (unpaired) electrons. The molecular weight excluding hydrogens is 589 g/mol. The van der Waals surface area contributed by atoms with Crippen LogP contribution in [-0.2, 0) is 16.0 Å².